The van der Waals surface area contributed by atoms with Gasteiger partial charge in [-0.15, -0.1) is 0 Å². The molecule has 0 aliphatic carbocycles. The predicted molar refractivity (Wildman–Crippen MR) is 90.7 cm³/mol. The van der Waals surface area contributed by atoms with Crippen molar-refractivity contribution in [2.75, 3.05) is 7.11 Å². The molecule has 24 heavy (non-hydrogen) atoms. The number of carbonyl (C=O) groups is 2. The number of methoxy groups -OCH3 is 1. The lowest BCUT2D eigenvalue weighted by atomic mass is 10.1. The quantitative estimate of drug-likeness (QED) is 0.198. The van der Waals surface area contributed by atoms with E-state index < -0.39 is 11.8 Å². The largest absolute Gasteiger partial charge is 0.465 e. The van der Waals surface area contributed by atoms with E-state index in [-0.39, 0.29) is 5.70 Å². The van der Waals surface area contributed by atoms with Gasteiger partial charge in [0.15, 0.2) is 5.78 Å². The second kappa shape index (κ2) is 7.97. The normalized spacial score (nSPS) is 10.7. The van der Waals surface area contributed by atoms with E-state index in [0.29, 0.717) is 21.7 Å². The third-order valence-electron chi connectivity index (χ3n) is 3.13. The molecule has 0 bridgehead atoms. The lowest BCUT2D eigenvalue weighted by molar-refractivity contribution is 0.0600. The van der Waals surface area contributed by atoms with Crippen LogP contribution in [0.25, 0.3) is 16.5 Å². The van der Waals surface area contributed by atoms with Crippen LogP contribution in [0.4, 0.5) is 0 Å². The van der Waals surface area contributed by atoms with Crippen LogP contribution in [-0.4, -0.2) is 18.9 Å². The van der Waals surface area contributed by atoms with Crippen molar-refractivity contribution in [1.29, 1.82) is 0 Å². The number of ketones is 1. The first-order chi connectivity index (χ1) is 11.5. The van der Waals surface area contributed by atoms with E-state index in [4.69, 9.17) is 17.1 Å². The highest BCUT2D eigenvalue weighted by atomic mass is 35.5. The molecule has 0 aliphatic heterocycles. The first-order valence-corrected chi connectivity index (χ1v) is 7.18. The van der Waals surface area contributed by atoms with Crippen molar-refractivity contribution < 1.29 is 14.3 Å². The summed E-state index contributed by atoms with van der Waals surface area (Å²) in [6, 6.07) is 12.6. The molecule has 2 rings (SSSR count). The molecule has 0 aliphatic rings. The van der Waals surface area contributed by atoms with Crippen LogP contribution in [0.3, 0.4) is 0 Å². The molecule has 0 saturated carbocycles. The summed E-state index contributed by atoms with van der Waals surface area (Å²) < 4.78 is 4.62. The van der Waals surface area contributed by atoms with Gasteiger partial charge in [0.2, 0.25) is 0 Å². The number of rotatable bonds is 5. The zero-order chi connectivity index (χ0) is 17.5. The van der Waals surface area contributed by atoms with E-state index in [1.165, 1.54) is 13.2 Å². The molecule has 0 aromatic heterocycles. The number of hydrogen-bond acceptors (Lipinski definition) is 4. The topological polar surface area (TPSA) is 92.1 Å². The van der Waals surface area contributed by atoms with Gasteiger partial charge >= 0.3 is 5.97 Å². The van der Waals surface area contributed by atoms with Gasteiger partial charge in [0.1, 0.15) is 0 Å². The lowest BCUT2D eigenvalue weighted by Crippen LogP contribution is -2.02. The van der Waals surface area contributed by atoms with Crippen molar-refractivity contribution in [3.05, 3.63) is 86.4 Å². The maximum Gasteiger partial charge on any atom is 0.337 e. The number of halogens is 1. The van der Waals surface area contributed by atoms with Gasteiger partial charge < -0.3 is 4.74 Å². The Bertz CT molecular complexity index is 836. The third kappa shape index (κ3) is 4.23. The van der Waals surface area contributed by atoms with Crippen LogP contribution >= 0.6 is 11.6 Å². The first-order valence-electron chi connectivity index (χ1n) is 6.80. The molecule has 0 heterocycles. The fourth-order valence-electron chi connectivity index (χ4n) is 1.93. The van der Waals surface area contributed by atoms with Gasteiger partial charge in [-0.3, -0.25) is 4.79 Å². The fourth-order valence-corrected chi connectivity index (χ4v) is 2.05. The fraction of sp³-hybridized carbons (Fsp3) is 0.0588. The van der Waals surface area contributed by atoms with E-state index in [1.807, 2.05) is 0 Å². The Labute approximate surface area is 142 Å². The lowest BCUT2D eigenvalue weighted by Gasteiger charge is -2.03. The zero-order valence-corrected chi connectivity index (χ0v) is 13.4. The average Bonchev–Trinajstić information content (AvgIpc) is 2.61. The highest BCUT2D eigenvalue weighted by Crippen LogP contribution is 2.17. The SMILES string of the molecule is COC(=O)c1ccc(C=C(N=[N+]=[N-])C(=O)c2ccc(Cl)cc2)cc1. The zero-order valence-electron chi connectivity index (χ0n) is 12.6. The number of hydrogen-bond donors (Lipinski definition) is 0. The van der Waals surface area contributed by atoms with E-state index in [9.17, 15) is 9.59 Å². The molecule has 2 aromatic carbocycles. The minimum Gasteiger partial charge on any atom is -0.465 e. The summed E-state index contributed by atoms with van der Waals surface area (Å²) in [7, 11) is 1.29. The van der Waals surface area contributed by atoms with Gasteiger partial charge in [0.05, 0.1) is 18.4 Å². The van der Waals surface area contributed by atoms with Crippen molar-refractivity contribution in [1.82, 2.24) is 0 Å². The highest BCUT2D eigenvalue weighted by molar-refractivity contribution is 6.30. The molecule has 0 fully saturated rings. The minimum absolute atomic E-state index is 0.0642. The first kappa shape index (κ1) is 17.3. The van der Waals surface area contributed by atoms with Crippen molar-refractivity contribution >= 4 is 29.4 Å². The summed E-state index contributed by atoms with van der Waals surface area (Å²) >= 11 is 5.79. The third-order valence-corrected chi connectivity index (χ3v) is 3.38. The number of esters is 1. The second-order valence-electron chi connectivity index (χ2n) is 4.67. The van der Waals surface area contributed by atoms with Gasteiger partial charge in [0.25, 0.3) is 0 Å². The molecule has 0 amide bonds. The van der Waals surface area contributed by atoms with E-state index >= 15 is 0 Å². The van der Waals surface area contributed by atoms with Crippen molar-refractivity contribution in [3.63, 3.8) is 0 Å². The van der Waals surface area contributed by atoms with Crippen LogP contribution in [0.2, 0.25) is 5.02 Å². The smallest absolute Gasteiger partial charge is 0.337 e. The van der Waals surface area contributed by atoms with Gasteiger partial charge in [-0.05, 0) is 53.6 Å². The minimum atomic E-state index is -0.460. The number of benzene rings is 2. The van der Waals surface area contributed by atoms with Crippen LogP contribution in [0, 0.1) is 0 Å². The Morgan fingerprint density at radius 1 is 1.08 bits per heavy atom. The number of carbonyl (C=O) groups excluding carboxylic acids is 2. The summed E-state index contributed by atoms with van der Waals surface area (Å²) in [6.45, 7) is 0. The van der Waals surface area contributed by atoms with Crippen molar-refractivity contribution in [2.24, 2.45) is 5.11 Å². The second-order valence-corrected chi connectivity index (χ2v) is 5.11. The number of Topliss-reactive ketones (excluding diaryl/α,β-unsaturated/α-hetero) is 1. The average molecular weight is 342 g/mol. The summed E-state index contributed by atoms with van der Waals surface area (Å²) in [5, 5.41) is 3.96. The van der Waals surface area contributed by atoms with Gasteiger partial charge in [-0.1, -0.05) is 28.8 Å². The Balaban J connectivity index is 2.34. The molecule has 6 nitrogen and oxygen atoms in total. The Morgan fingerprint density at radius 3 is 2.21 bits per heavy atom. The van der Waals surface area contributed by atoms with Gasteiger partial charge in [-0.25, -0.2) is 4.79 Å². The highest BCUT2D eigenvalue weighted by Gasteiger charge is 2.11. The number of allylic oxidation sites excluding steroid dienone is 1. The molecule has 120 valence electrons. The van der Waals surface area contributed by atoms with Crippen LogP contribution in [0.5, 0.6) is 0 Å². The number of nitrogens with zero attached hydrogens (tertiary/aromatic N) is 3. The number of ether oxygens (including phenoxy) is 1. The molecule has 7 heteroatoms. The molecule has 0 unspecified atom stereocenters. The van der Waals surface area contributed by atoms with Gasteiger partial charge in [0, 0.05) is 15.5 Å². The van der Waals surface area contributed by atoms with Gasteiger partial charge in [-0.2, -0.15) is 0 Å². The van der Waals surface area contributed by atoms with Crippen LogP contribution in [0.1, 0.15) is 26.3 Å². The molecular formula is C17H12ClN3O3. The predicted octanol–water partition coefficient (Wildman–Crippen LogP) is 4.66. The van der Waals surface area contributed by atoms with Crippen LogP contribution in [-0.2, 0) is 4.74 Å². The van der Waals surface area contributed by atoms with Crippen LogP contribution < -0.4 is 0 Å². The summed E-state index contributed by atoms with van der Waals surface area (Å²) in [5.74, 6) is -0.889. The maximum absolute atomic E-state index is 12.4. The summed E-state index contributed by atoms with van der Waals surface area (Å²) in [4.78, 5) is 26.5. The number of azide groups is 1. The van der Waals surface area contributed by atoms with E-state index in [1.54, 1.807) is 48.5 Å². The Morgan fingerprint density at radius 2 is 1.67 bits per heavy atom. The molecule has 0 N–H and O–H groups in total. The molecule has 0 radical (unpaired) electrons. The molecule has 0 spiro atoms. The maximum atomic E-state index is 12.4. The monoisotopic (exact) mass is 341 g/mol. The Kier molecular flexibility index (Phi) is 5.73. The molecule has 2 aromatic rings. The molecule has 0 atom stereocenters. The molecule has 0 saturated heterocycles. The Hall–Kier alpha value is -3.08. The van der Waals surface area contributed by atoms with Crippen molar-refractivity contribution in [2.45, 2.75) is 0 Å². The molecular weight excluding hydrogens is 330 g/mol. The van der Waals surface area contributed by atoms with E-state index in [0.717, 1.165) is 0 Å². The van der Waals surface area contributed by atoms with Crippen LogP contribution in [0.15, 0.2) is 59.3 Å². The van der Waals surface area contributed by atoms with Crippen molar-refractivity contribution in [3.8, 4) is 0 Å². The van der Waals surface area contributed by atoms with E-state index in [2.05, 4.69) is 14.8 Å². The summed E-state index contributed by atoms with van der Waals surface area (Å²) in [5.41, 5.74) is 9.96. The summed E-state index contributed by atoms with van der Waals surface area (Å²) in [6.07, 6.45) is 1.44. The standard InChI is InChI=1S/C17H12ClN3O3/c1-24-17(23)13-4-2-11(3-5-13)10-15(20-21-19)16(22)12-6-8-14(18)9-7-12/h2-10H,1H3.